The van der Waals surface area contributed by atoms with E-state index in [-0.39, 0.29) is 30.3 Å². The number of anilines is 2. The van der Waals surface area contributed by atoms with Crippen molar-refractivity contribution in [2.75, 3.05) is 36.8 Å². The van der Waals surface area contributed by atoms with Gasteiger partial charge in [-0.05, 0) is 95.0 Å². The third-order valence-corrected chi connectivity index (χ3v) is 6.44. The van der Waals surface area contributed by atoms with Crippen molar-refractivity contribution in [3.63, 3.8) is 0 Å². The average molecular weight is 465 g/mol. The van der Waals surface area contributed by atoms with Gasteiger partial charge >= 0.3 is 0 Å². The van der Waals surface area contributed by atoms with Gasteiger partial charge in [0.2, 0.25) is 5.91 Å². The summed E-state index contributed by atoms with van der Waals surface area (Å²) in [6, 6.07) is 12.8. The number of piperidine rings is 1. The highest BCUT2D eigenvalue weighted by molar-refractivity contribution is 5.97. The number of benzene rings is 2. The lowest BCUT2D eigenvalue weighted by Gasteiger charge is -2.33. The number of hydrogen-bond acceptors (Lipinski definition) is 4. The lowest BCUT2D eigenvalue weighted by Crippen LogP contribution is -2.42. The van der Waals surface area contributed by atoms with Gasteiger partial charge in [0.15, 0.2) is 0 Å². The van der Waals surface area contributed by atoms with Crippen LogP contribution in [0.4, 0.5) is 11.4 Å². The van der Waals surface area contributed by atoms with E-state index in [0.717, 1.165) is 30.6 Å². The van der Waals surface area contributed by atoms with Crippen molar-refractivity contribution in [2.45, 2.75) is 53.0 Å². The summed E-state index contributed by atoms with van der Waals surface area (Å²) in [4.78, 5) is 41.4. The maximum atomic E-state index is 12.9. The summed E-state index contributed by atoms with van der Waals surface area (Å²) in [5.74, 6) is -0.135. The van der Waals surface area contributed by atoms with E-state index >= 15 is 0 Å². The molecule has 2 aromatic carbocycles. The molecule has 1 aliphatic heterocycles. The molecule has 3 rings (SSSR count). The van der Waals surface area contributed by atoms with Gasteiger partial charge in [0.25, 0.3) is 11.8 Å². The van der Waals surface area contributed by atoms with Crippen molar-refractivity contribution in [2.24, 2.45) is 0 Å². The first kappa shape index (κ1) is 25.3. The number of hydrogen-bond donors (Lipinski definition) is 2. The van der Waals surface area contributed by atoms with Crippen LogP contribution >= 0.6 is 0 Å². The SMILES string of the molecule is CCN(CC)C(=O)c1ccc(NC(=O)CNc2ccc(C(=O)N3CCCCC3C)cc2C)cc1. The van der Waals surface area contributed by atoms with Crippen molar-refractivity contribution in [1.82, 2.24) is 9.80 Å². The van der Waals surface area contributed by atoms with Crippen LogP contribution in [0.25, 0.3) is 0 Å². The Morgan fingerprint density at radius 1 is 1.00 bits per heavy atom. The smallest absolute Gasteiger partial charge is 0.254 e. The van der Waals surface area contributed by atoms with Gasteiger partial charge in [-0.15, -0.1) is 0 Å². The molecule has 1 saturated heterocycles. The quantitative estimate of drug-likeness (QED) is 0.601. The molecule has 1 fully saturated rings. The maximum absolute atomic E-state index is 12.9. The van der Waals surface area contributed by atoms with E-state index in [1.807, 2.05) is 43.9 Å². The van der Waals surface area contributed by atoms with E-state index in [1.54, 1.807) is 29.2 Å². The van der Waals surface area contributed by atoms with Crippen LogP contribution in [-0.4, -0.2) is 59.7 Å². The van der Waals surface area contributed by atoms with Gasteiger partial charge in [0.05, 0.1) is 6.54 Å². The van der Waals surface area contributed by atoms with Crippen LogP contribution in [0.1, 0.15) is 66.3 Å². The van der Waals surface area contributed by atoms with Crippen molar-refractivity contribution in [3.05, 3.63) is 59.2 Å². The van der Waals surface area contributed by atoms with Gasteiger partial charge in [-0.1, -0.05) is 0 Å². The number of likely N-dealkylation sites (tertiary alicyclic amines) is 1. The monoisotopic (exact) mass is 464 g/mol. The van der Waals surface area contributed by atoms with Crippen LogP contribution in [-0.2, 0) is 4.79 Å². The molecular formula is C27H36N4O3. The van der Waals surface area contributed by atoms with Crippen molar-refractivity contribution in [1.29, 1.82) is 0 Å². The normalized spacial score (nSPS) is 15.5. The predicted octanol–water partition coefficient (Wildman–Crippen LogP) is 4.54. The Morgan fingerprint density at radius 2 is 1.68 bits per heavy atom. The van der Waals surface area contributed by atoms with Crippen molar-refractivity contribution >= 4 is 29.1 Å². The molecule has 2 N–H and O–H groups in total. The molecule has 1 aliphatic rings. The van der Waals surface area contributed by atoms with Crippen LogP contribution in [0.3, 0.4) is 0 Å². The average Bonchev–Trinajstić information content (AvgIpc) is 2.84. The summed E-state index contributed by atoms with van der Waals surface area (Å²) in [6.45, 7) is 10.2. The summed E-state index contributed by atoms with van der Waals surface area (Å²) in [5.41, 5.74) is 3.65. The molecule has 0 bridgehead atoms. The van der Waals surface area contributed by atoms with E-state index < -0.39 is 0 Å². The number of nitrogens with one attached hydrogen (secondary N) is 2. The Bertz CT molecular complexity index is 1020. The maximum Gasteiger partial charge on any atom is 0.254 e. The highest BCUT2D eigenvalue weighted by atomic mass is 16.2. The van der Waals surface area contributed by atoms with E-state index in [1.165, 1.54) is 6.42 Å². The fraction of sp³-hybridized carbons (Fsp3) is 0.444. The first-order valence-corrected chi connectivity index (χ1v) is 12.2. The second-order valence-corrected chi connectivity index (χ2v) is 8.83. The zero-order valence-electron chi connectivity index (χ0n) is 20.7. The van der Waals surface area contributed by atoms with Gasteiger partial charge in [-0.2, -0.15) is 0 Å². The Balaban J connectivity index is 1.54. The minimum Gasteiger partial charge on any atom is -0.376 e. The minimum atomic E-state index is -0.190. The first-order chi connectivity index (χ1) is 16.3. The van der Waals surface area contributed by atoms with E-state index in [2.05, 4.69) is 17.6 Å². The zero-order valence-corrected chi connectivity index (χ0v) is 20.7. The topological polar surface area (TPSA) is 81.8 Å². The molecule has 1 heterocycles. The second-order valence-electron chi connectivity index (χ2n) is 8.83. The van der Waals surface area contributed by atoms with E-state index in [4.69, 9.17) is 0 Å². The number of nitrogens with zero attached hydrogens (tertiary/aromatic N) is 2. The molecule has 2 aromatic rings. The molecule has 7 heteroatoms. The van der Waals surface area contributed by atoms with Crippen LogP contribution in [0.5, 0.6) is 0 Å². The summed E-state index contributed by atoms with van der Waals surface area (Å²) in [6.07, 6.45) is 3.28. The van der Waals surface area contributed by atoms with Gasteiger partial charge in [0, 0.05) is 48.2 Å². The molecule has 0 spiro atoms. The Labute approximate surface area is 202 Å². The first-order valence-electron chi connectivity index (χ1n) is 12.2. The summed E-state index contributed by atoms with van der Waals surface area (Å²) >= 11 is 0. The van der Waals surface area contributed by atoms with Crippen LogP contribution in [0.2, 0.25) is 0 Å². The fourth-order valence-electron chi connectivity index (χ4n) is 4.33. The predicted molar refractivity (Wildman–Crippen MR) is 136 cm³/mol. The Morgan fingerprint density at radius 3 is 2.29 bits per heavy atom. The number of carbonyl (C=O) groups excluding carboxylic acids is 3. The van der Waals surface area contributed by atoms with Gasteiger partial charge in [-0.25, -0.2) is 0 Å². The highest BCUT2D eigenvalue weighted by Crippen LogP contribution is 2.22. The molecule has 0 radical (unpaired) electrons. The largest absolute Gasteiger partial charge is 0.376 e. The van der Waals surface area contributed by atoms with Crippen molar-refractivity contribution in [3.8, 4) is 0 Å². The van der Waals surface area contributed by atoms with Gasteiger partial charge in [0.1, 0.15) is 0 Å². The molecule has 1 unspecified atom stereocenters. The fourth-order valence-corrected chi connectivity index (χ4v) is 4.33. The summed E-state index contributed by atoms with van der Waals surface area (Å²) in [5, 5.41) is 5.99. The number of aryl methyl sites for hydroxylation is 1. The zero-order chi connectivity index (χ0) is 24.7. The summed E-state index contributed by atoms with van der Waals surface area (Å²) in [7, 11) is 0. The number of rotatable bonds is 8. The van der Waals surface area contributed by atoms with Crippen LogP contribution < -0.4 is 10.6 Å². The molecule has 0 saturated carbocycles. The van der Waals surface area contributed by atoms with Crippen LogP contribution in [0, 0.1) is 6.92 Å². The van der Waals surface area contributed by atoms with Crippen LogP contribution in [0.15, 0.2) is 42.5 Å². The minimum absolute atomic E-state index is 0.0170. The standard InChI is InChI=1S/C27H36N4O3/c1-5-30(6-2)26(33)21-10-13-23(14-11-21)29-25(32)18-28-24-15-12-22(17-19(24)3)27(34)31-16-8-7-9-20(31)4/h10-15,17,20,28H,5-9,16,18H2,1-4H3,(H,29,32). The molecule has 1 atom stereocenters. The van der Waals surface area contributed by atoms with Crippen molar-refractivity contribution < 1.29 is 14.4 Å². The van der Waals surface area contributed by atoms with Gasteiger partial charge < -0.3 is 20.4 Å². The lowest BCUT2D eigenvalue weighted by atomic mass is 10.0. The lowest BCUT2D eigenvalue weighted by molar-refractivity contribution is -0.114. The molecule has 34 heavy (non-hydrogen) atoms. The van der Waals surface area contributed by atoms with E-state index in [9.17, 15) is 14.4 Å². The third-order valence-electron chi connectivity index (χ3n) is 6.44. The molecule has 7 nitrogen and oxygen atoms in total. The Hall–Kier alpha value is -3.35. The second kappa shape index (κ2) is 11.7. The van der Waals surface area contributed by atoms with Gasteiger partial charge in [-0.3, -0.25) is 14.4 Å². The molecule has 182 valence electrons. The Kier molecular flexibility index (Phi) is 8.68. The number of carbonyl (C=O) groups is 3. The molecule has 0 aliphatic carbocycles. The van der Waals surface area contributed by atoms with E-state index in [0.29, 0.717) is 29.9 Å². The molecular weight excluding hydrogens is 428 g/mol. The highest BCUT2D eigenvalue weighted by Gasteiger charge is 2.24. The molecule has 3 amide bonds. The summed E-state index contributed by atoms with van der Waals surface area (Å²) < 4.78 is 0. The third kappa shape index (κ3) is 6.16. The molecule has 0 aromatic heterocycles. The number of amides is 3.